The van der Waals surface area contributed by atoms with Crippen LogP contribution in [0.15, 0.2) is 47.6 Å². The standard InChI is InChI=1S/C22H21Cl2N5O4S/c1-3-29-18(11-19(30)26-15-8-9-16(23)17(24)10-15)27-28-22(29)34-12-20(31)25-14-6-4-13(5-7-14)21(32)33-2/h4-10H,3,11-12H2,1-2H3,(H,25,31)(H,26,30). The number of carbonyl (C=O) groups is 3. The van der Waals surface area contributed by atoms with Gasteiger partial charge in [-0.3, -0.25) is 9.59 Å². The minimum atomic E-state index is -0.450. The lowest BCUT2D eigenvalue weighted by Gasteiger charge is -2.09. The number of hydrogen-bond donors (Lipinski definition) is 2. The Hall–Kier alpha value is -3.08. The largest absolute Gasteiger partial charge is 0.465 e. The predicted molar refractivity (Wildman–Crippen MR) is 132 cm³/mol. The van der Waals surface area contributed by atoms with Gasteiger partial charge in [-0.25, -0.2) is 4.79 Å². The summed E-state index contributed by atoms with van der Waals surface area (Å²) in [5, 5.41) is 15.0. The van der Waals surface area contributed by atoms with Crippen molar-refractivity contribution in [3.63, 3.8) is 0 Å². The first-order valence-corrected chi connectivity index (χ1v) is 11.8. The van der Waals surface area contributed by atoms with E-state index in [2.05, 4.69) is 25.6 Å². The summed E-state index contributed by atoms with van der Waals surface area (Å²) in [7, 11) is 1.30. The number of nitrogens with zero attached hydrogens (tertiary/aromatic N) is 3. The molecule has 2 N–H and O–H groups in total. The Balaban J connectivity index is 1.56. The fourth-order valence-corrected chi connectivity index (χ4v) is 4.05. The van der Waals surface area contributed by atoms with Crippen LogP contribution in [-0.4, -0.2) is 45.4 Å². The minimum Gasteiger partial charge on any atom is -0.465 e. The number of thioether (sulfide) groups is 1. The zero-order valence-corrected chi connectivity index (χ0v) is 20.6. The molecule has 12 heteroatoms. The van der Waals surface area contributed by atoms with Crippen LogP contribution in [0.2, 0.25) is 10.0 Å². The molecule has 0 saturated carbocycles. The smallest absolute Gasteiger partial charge is 0.337 e. The molecule has 0 aliphatic heterocycles. The van der Waals surface area contributed by atoms with Crippen molar-refractivity contribution in [2.45, 2.75) is 25.0 Å². The number of nitrogens with one attached hydrogen (secondary N) is 2. The number of benzene rings is 2. The lowest BCUT2D eigenvalue weighted by Crippen LogP contribution is -2.18. The fraction of sp³-hybridized carbons (Fsp3) is 0.227. The second-order valence-electron chi connectivity index (χ2n) is 6.90. The summed E-state index contributed by atoms with van der Waals surface area (Å²) in [6, 6.07) is 11.2. The van der Waals surface area contributed by atoms with Crippen LogP contribution in [0, 0.1) is 0 Å². The van der Waals surface area contributed by atoms with Crippen molar-refractivity contribution in [3.8, 4) is 0 Å². The molecule has 0 aliphatic carbocycles. The molecule has 2 amide bonds. The third-order valence-corrected chi connectivity index (χ3v) is 6.26. The van der Waals surface area contributed by atoms with Crippen LogP contribution >= 0.6 is 35.0 Å². The van der Waals surface area contributed by atoms with E-state index in [1.165, 1.54) is 18.9 Å². The minimum absolute atomic E-state index is 0.000382. The molecule has 0 aliphatic rings. The SMILES string of the molecule is CCn1c(CC(=O)Nc2ccc(Cl)c(Cl)c2)nnc1SCC(=O)Nc1ccc(C(=O)OC)cc1. The fourth-order valence-electron chi connectivity index (χ4n) is 2.93. The van der Waals surface area contributed by atoms with Gasteiger partial charge in [-0.15, -0.1) is 10.2 Å². The number of halogens is 2. The zero-order valence-electron chi connectivity index (χ0n) is 18.3. The monoisotopic (exact) mass is 521 g/mol. The number of anilines is 2. The number of carbonyl (C=O) groups excluding carboxylic acids is 3. The van der Waals surface area contributed by atoms with Crippen molar-refractivity contribution in [1.82, 2.24) is 14.8 Å². The van der Waals surface area contributed by atoms with E-state index in [-0.39, 0.29) is 24.0 Å². The second kappa shape index (κ2) is 11.9. The molecule has 178 valence electrons. The van der Waals surface area contributed by atoms with Crippen molar-refractivity contribution < 1.29 is 19.1 Å². The van der Waals surface area contributed by atoms with Crippen molar-refractivity contribution in [1.29, 1.82) is 0 Å². The van der Waals surface area contributed by atoms with E-state index in [1.54, 1.807) is 47.0 Å². The number of amides is 2. The maximum atomic E-state index is 12.4. The molecule has 0 spiro atoms. The summed E-state index contributed by atoms with van der Waals surface area (Å²) in [6.07, 6.45) is 0.000382. The van der Waals surface area contributed by atoms with Gasteiger partial charge in [0.15, 0.2) is 5.16 Å². The summed E-state index contributed by atoms with van der Waals surface area (Å²) in [5.74, 6) is -0.424. The number of hydrogen-bond acceptors (Lipinski definition) is 7. The van der Waals surface area contributed by atoms with Crippen LogP contribution in [0.3, 0.4) is 0 Å². The summed E-state index contributed by atoms with van der Waals surface area (Å²) in [4.78, 5) is 36.3. The van der Waals surface area contributed by atoms with Crippen molar-refractivity contribution >= 4 is 64.1 Å². The normalized spacial score (nSPS) is 10.6. The molecule has 3 rings (SSSR count). The molecular weight excluding hydrogens is 501 g/mol. The number of ether oxygens (including phenoxy) is 1. The van der Waals surface area contributed by atoms with Gasteiger partial charge in [0.05, 0.1) is 34.9 Å². The summed E-state index contributed by atoms with van der Waals surface area (Å²) < 4.78 is 6.43. The molecule has 34 heavy (non-hydrogen) atoms. The molecular formula is C22H21Cl2N5O4S. The third-order valence-electron chi connectivity index (χ3n) is 4.55. The Bertz CT molecular complexity index is 1200. The number of rotatable bonds is 9. The van der Waals surface area contributed by atoms with Crippen LogP contribution in [0.5, 0.6) is 0 Å². The molecule has 0 fully saturated rings. The van der Waals surface area contributed by atoms with Crippen molar-refractivity contribution in [2.75, 3.05) is 23.5 Å². The average molecular weight is 522 g/mol. The summed E-state index contributed by atoms with van der Waals surface area (Å²) >= 11 is 13.1. The van der Waals surface area contributed by atoms with Gasteiger partial charge in [0.25, 0.3) is 0 Å². The molecule has 0 radical (unpaired) electrons. The first-order valence-electron chi connectivity index (χ1n) is 10.1. The van der Waals surface area contributed by atoms with Gasteiger partial charge in [-0.1, -0.05) is 35.0 Å². The highest BCUT2D eigenvalue weighted by molar-refractivity contribution is 7.99. The van der Waals surface area contributed by atoms with Crippen LogP contribution in [0.4, 0.5) is 11.4 Å². The van der Waals surface area contributed by atoms with E-state index in [1.807, 2.05) is 6.92 Å². The van der Waals surface area contributed by atoms with Crippen molar-refractivity contribution in [3.05, 3.63) is 63.9 Å². The third kappa shape index (κ3) is 6.72. The van der Waals surface area contributed by atoms with E-state index >= 15 is 0 Å². The Morgan fingerprint density at radius 1 is 0.971 bits per heavy atom. The van der Waals surface area contributed by atoms with E-state index in [0.29, 0.717) is 44.5 Å². The Kier molecular flexibility index (Phi) is 8.91. The number of methoxy groups -OCH3 is 1. The van der Waals surface area contributed by atoms with Crippen LogP contribution in [0.1, 0.15) is 23.1 Å². The van der Waals surface area contributed by atoms with E-state index in [4.69, 9.17) is 23.2 Å². The first-order chi connectivity index (χ1) is 16.3. The van der Waals surface area contributed by atoms with Gasteiger partial charge in [0.2, 0.25) is 11.8 Å². The second-order valence-corrected chi connectivity index (χ2v) is 8.66. The maximum absolute atomic E-state index is 12.4. The lowest BCUT2D eigenvalue weighted by molar-refractivity contribution is -0.116. The van der Waals surface area contributed by atoms with Gasteiger partial charge < -0.3 is 19.9 Å². The van der Waals surface area contributed by atoms with Crippen LogP contribution in [-0.2, 0) is 27.3 Å². The Morgan fingerprint density at radius 2 is 1.65 bits per heavy atom. The lowest BCUT2D eigenvalue weighted by atomic mass is 10.2. The molecule has 0 atom stereocenters. The van der Waals surface area contributed by atoms with E-state index in [9.17, 15) is 14.4 Å². The van der Waals surface area contributed by atoms with Crippen LogP contribution < -0.4 is 10.6 Å². The van der Waals surface area contributed by atoms with Gasteiger partial charge in [0.1, 0.15) is 5.82 Å². The highest BCUT2D eigenvalue weighted by atomic mass is 35.5. The maximum Gasteiger partial charge on any atom is 0.337 e. The molecule has 3 aromatic rings. The average Bonchev–Trinajstić information content (AvgIpc) is 3.21. The topological polar surface area (TPSA) is 115 Å². The Morgan fingerprint density at radius 3 is 2.29 bits per heavy atom. The molecule has 0 saturated heterocycles. The molecule has 9 nitrogen and oxygen atoms in total. The Labute approximate surface area is 210 Å². The van der Waals surface area contributed by atoms with E-state index in [0.717, 1.165) is 0 Å². The molecule has 2 aromatic carbocycles. The van der Waals surface area contributed by atoms with Gasteiger partial charge >= 0.3 is 5.97 Å². The van der Waals surface area contributed by atoms with Gasteiger partial charge in [-0.2, -0.15) is 0 Å². The quantitative estimate of drug-likeness (QED) is 0.318. The van der Waals surface area contributed by atoms with E-state index < -0.39 is 5.97 Å². The van der Waals surface area contributed by atoms with Gasteiger partial charge in [0, 0.05) is 17.9 Å². The molecule has 0 bridgehead atoms. The summed E-state index contributed by atoms with van der Waals surface area (Å²) in [5.41, 5.74) is 1.46. The number of aromatic nitrogens is 3. The number of esters is 1. The van der Waals surface area contributed by atoms with Gasteiger partial charge in [-0.05, 0) is 49.4 Å². The molecule has 1 heterocycles. The predicted octanol–water partition coefficient (Wildman–Crippen LogP) is 4.30. The van der Waals surface area contributed by atoms with Crippen molar-refractivity contribution in [2.24, 2.45) is 0 Å². The highest BCUT2D eigenvalue weighted by Gasteiger charge is 2.16. The summed E-state index contributed by atoms with van der Waals surface area (Å²) in [6.45, 7) is 2.43. The molecule has 0 unspecified atom stereocenters. The highest BCUT2D eigenvalue weighted by Crippen LogP contribution is 2.25. The zero-order chi connectivity index (χ0) is 24.7. The first kappa shape index (κ1) is 25.5. The van der Waals surface area contributed by atoms with Crippen LogP contribution in [0.25, 0.3) is 0 Å². The molecule has 1 aromatic heterocycles.